The Hall–Kier alpha value is -2.78. The standard InChI is InChI=1S/C21H24N4O2/c1-2-17-8-9-25(18(17)14-16-6-4-3-5-7-16)21-22-19(15-20(26)23-21)24-10-12-27-13-11-24/h1,3-7,15,17-18H,8-14H2,(H,22,23,26)/t17-,18+/m0/s1. The topological polar surface area (TPSA) is 61.5 Å². The van der Waals surface area contributed by atoms with Crippen molar-refractivity contribution in [2.45, 2.75) is 18.9 Å². The number of nitrogens with one attached hydrogen (secondary N) is 1. The molecule has 1 aromatic carbocycles. The van der Waals surface area contributed by atoms with Crippen LogP contribution in [0.4, 0.5) is 11.8 Å². The van der Waals surface area contributed by atoms with Gasteiger partial charge in [0, 0.05) is 37.7 Å². The van der Waals surface area contributed by atoms with Crippen LogP contribution in [0.15, 0.2) is 41.2 Å². The third-order valence-corrected chi connectivity index (χ3v) is 5.37. The van der Waals surface area contributed by atoms with E-state index in [2.05, 4.69) is 32.8 Å². The first kappa shape index (κ1) is 17.6. The molecule has 0 unspecified atom stereocenters. The number of hydrogen-bond acceptors (Lipinski definition) is 5. The molecule has 140 valence electrons. The smallest absolute Gasteiger partial charge is 0.254 e. The Morgan fingerprint density at radius 3 is 2.74 bits per heavy atom. The number of benzene rings is 1. The SMILES string of the molecule is C#C[C@H]1CCN(c2nc(N3CCOCC3)cc(=O)[nH]2)[C@@H]1Cc1ccccc1. The molecule has 0 radical (unpaired) electrons. The molecular weight excluding hydrogens is 340 g/mol. The first-order valence-corrected chi connectivity index (χ1v) is 9.45. The number of morpholine rings is 1. The van der Waals surface area contributed by atoms with Gasteiger partial charge in [-0.3, -0.25) is 9.78 Å². The summed E-state index contributed by atoms with van der Waals surface area (Å²) in [5.74, 6) is 4.40. The zero-order valence-electron chi connectivity index (χ0n) is 15.3. The fraction of sp³-hybridized carbons (Fsp3) is 0.429. The summed E-state index contributed by atoms with van der Waals surface area (Å²) in [7, 11) is 0. The Bertz CT molecular complexity index is 868. The van der Waals surface area contributed by atoms with E-state index in [4.69, 9.17) is 16.1 Å². The van der Waals surface area contributed by atoms with Crippen molar-refractivity contribution in [3.05, 3.63) is 52.3 Å². The van der Waals surface area contributed by atoms with Crippen molar-refractivity contribution in [1.29, 1.82) is 0 Å². The fourth-order valence-corrected chi connectivity index (χ4v) is 3.94. The molecule has 3 heterocycles. The number of terminal acetylenes is 1. The third-order valence-electron chi connectivity index (χ3n) is 5.37. The Morgan fingerprint density at radius 1 is 1.22 bits per heavy atom. The number of anilines is 2. The lowest BCUT2D eigenvalue weighted by molar-refractivity contribution is 0.122. The van der Waals surface area contributed by atoms with E-state index < -0.39 is 0 Å². The van der Waals surface area contributed by atoms with Gasteiger partial charge >= 0.3 is 0 Å². The van der Waals surface area contributed by atoms with E-state index in [-0.39, 0.29) is 17.5 Å². The summed E-state index contributed by atoms with van der Waals surface area (Å²) in [5.41, 5.74) is 1.10. The predicted octanol–water partition coefficient (Wildman–Crippen LogP) is 1.68. The van der Waals surface area contributed by atoms with Crippen LogP contribution >= 0.6 is 0 Å². The molecule has 4 rings (SSSR count). The molecule has 0 bridgehead atoms. The van der Waals surface area contributed by atoms with E-state index in [9.17, 15) is 4.79 Å². The normalized spacial score (nSPS) is 22.6. The van der Waals surface area contributed by atoms with Crippen molar-refractivity contribution in [1.82, 2.24) is 9.97 Å². The van der Waals surface area contributed by atoms with Crippen LogP contribution in [0.25, 0.3) is 0 Å². The second-order valence-corrected chi connectivity index (χ2v) is 7.04. The summed E-state index contributed by atoms with van der Waals surface area (Å²) in [5, 5.41) is 0. The lowest BCUT2D eigenvalue weighted by Crippen LogP contribution is -2.39. The maximum atomic E-state index is 12.3. The van der Waals surface area contributed by atoms with Crippen molar-refractivity contribution >= 4 is 11.8 Å². The Kier molecular flexibility index (Phi) is 5.12. The second-order valence-electron chi connectivity index (χ2n) is 7.04. The van der Waals surface area contributed by atoms with Gasteiger partial charge in [0.2, 0.25) is 5.95 Å². The number of nitrogens with zero attached hydrogens (tertiary/aromatic N) is 3. The molecule has 2 aromatic rings. The van der Waals surface area contributed by atoms with Gasteiger partial charge in [-0.05, 0) is 18.4 Å². The number of aromatic nitrogens is 2. The Morgan fingerprint density at radius 2 is 2.00 bits per heavy atom. The molecule has 0 amide bonds. The molecule has 2 aliphatic rings. The van der Waals surface area contributed by atoms with E-state index in [1.807, 2.05) is 18.2 Å². The molecule has 0 spiro atoms. The van der Waals surface area contributed by atoms with Crippen LogP contribution in [0, 0.1) is 18.3 Å². The first-order valence-electron chi connectivity index (χ1n) is 9.45. The van der Waals surface area contributed by atoms with Crippen molar-refractivity contribution in [2.75, 3.05) is 42.6 Å². The van der Waals surface area contributed by atoms with Gasteiger partial charge in [-0.1, -0.05) is 30.3 Å². The fourth-order valence-electron chi connectivity index (χ4n) is 3.94. The van der Waals surface area contributed by atoms with Crippen LogP contribution < -0.4 is 15.4 Å². The molecule has 2 saturated heterocycles. The first-order chi connectivity index (χ1) is 13.2. The van der Waals surface area contributed by atoms with Gasteiger partial charge in [0.25, 0.3) is 5.56 Å². The largest absolute Gasteiger partial charge is 0.378 e. The van der Waals surface area contributed by atoms with Crippen LogP contribution in [0.3, 0.4) is 0 Å². The highest BCUT2D eigenvalue weighted by atomic mass is 16.5. The monoisotopic (exact) mass is 364 g/mol. The summed E-state index contributed by atoms with van der Waals surface area (Å²) in [4.78, 5) is 24.3. The zero-order valence-corrected chi connectivity index (χ0v) is 15.3. The van der Waals surface area contributed by atoms with E-state index in [1.165, 1.54) is 5.56 Å². The molecule has 2 aliphatic heterocycles. The van der Waals surface area contributed by atoms with Gasteiger partial charge in [0.15, 0.2) is 0 Å². The zero-order chi connectivity index (χ0) is 18.6. The summed E-state index contributed by atoms with van der Waals surface area (Å²) in [6, 6.07) is 12.0. The molecule has 0 saturated carbocycles. The number of ether oxygens (including phenoxy) is 1. The van der Waals surface area contributed by atoms with Crippen molar-refractivity contribution in [3.63, 3.8) is 0 Å². The highest BCUT2D eigenvalue weighted by molar-refractivity contribution is 5.46. The van der Waals surface area contributed by atoms with Crippen molar-refractivity contribution in [2.24, 2.45) is 5.92 Å². The molecule has 1 N–H and O–H groups in total. The molecule has 0 aliphatic carbocycles. The van der Waals surface area contributed by atoms with Crippen molar-refractivity contribution < 1.29 is 4.74 Å². The van der Waals surface area contributed by atoms with E-state index in [0.29, 0.717) is 25.0 Å². The molecule has 1 aromatic heterocycles. The highest BCUT2D eigenvalue weighted by Gasteiger charge is 2.34. The number of aromatic amines is 1. The van der Waals surface area contributed by atoms with Gasteiger partial charge < -0.3 is 14.5 Å². The minimum absolute atomic E-state index is 0.125. The van der Waals surface area contributed by atoms with Gasteiger partial charge in [-0.15, -0.1) is 12.3 Å². The van der Waals surface area contributed by atoms with Crippen LogP contribution in [0.5, 0.6) is 0 Å². The number of H-pyrrole nitrogens is 1. The average molecular weight is 364 g/mol. The predicted molar refractivity (Wildman–Crippen MR) is 106 cm³/mol. The molecule has 6 nitrogen and oxygen atoms in total. The summed E-state index contributed by atoms with van der Waals surface area (Å²) >= 11 is 0. The van der Waals surface area contributed by atoms with Crippen LogP contribution in [-0.2, 0) is 11.2 Å². The summed E-state index contributed by atoms with van der Waals surface area (Å²) in [6.07, 6.45) is 7.54. The average Bonchev–Trinajstić information content (AvgIpc) is 3.11. The van der Waals surface area contributed by atoms with Crippen LogP contribution in [0.1, 0.15) is 12.0 Å². The lowest BCUT2D eigenvalue weighted by atomic mass is 9.95. The minimum Gasteiger partial charge on any atom is -0.378 e. The van der Waals surface area contributed by atoms with Gasteiger partial charge in [0.05, 0.1) is 13.2 Å². The van der Waals surface area contributed by atoms with Gasteiger partial charge in [0.1, 0.15) is 5.82 Å². The van der Waals surface area contributed by atoms with Crippen LogP contribution in [-0.4, -0.2) is 48.9 Å². The van der Waals surface area contributed by atoms with E-state index >= 15 is 0 Å². The minimum atomic E-state index is -0.135. The Labute approximate surface area is 159 Å². The number of hydrogen-bond donors (Lipinski definition) is 1. The molecule has 2 atom stereocenters. The second kappa shape index (κ2) is 7.85. The van der Waals surface area contributed by atoms with Gasteiger partial charge in [-0.25, -0.2) is 0 Å². The van der Waals surface area contributed by atoms with E-state index in [0.717, 1.165) is 32.5 Å². The van der Waals surface area contributed by atoms with Crippen molar-refractivity contribution in [3.8, 4) is 12.3 Å². The molecular formula is C21H24N4O2. The molecule has 6 heteroatoms. The maximum Gasteiger partial charge on any atom is 0.254 e. The summed E-state index contributed by atoms with van der Waals surface area (Å²) in [6.45, 7) is 3.60. The van der Waals surface area contributed by atoms with Gasteiger partial charge in [-0.2, -0.15) is 4.98 Å². The van der Waals surface area contributed by atoms with E-state index in [1.54, 1.807) is 6.07 Å². The maximum absolute atomic E-state index is 12.3. The summed E-state index contributed by atoms with van der Waals surface area (Å²) < 4.78 is 5.41. The Balaban J connectivity index is 1.63. The third kappa shape index (κ3) is 3.83. The lowest BCUT2D eigenvalue weighted by Gasteiger charge is -2.30. The quantitative estimate of drug-likeness (QED) is 0.837. The molecule has 2 fully saturated rings. The number of rotatable bonds is 4. The van der Waals surface area contributed by atoms with Crippen LogP contribution in [0.2, 0.25) is 0 Å². The highest BCUT2D eigenvalue weighted by Crippen LogP contribution is 2.30. The molecule has 27 heavy (non-hydrogen) atoms.